The molecule has 2 heteroatoms. The molecular weight excluding hydrogens is 164 g/mol. The maximum Gasteiger partial charge on any atom is 0.136 e. The molecule has 2 saturated carbocycles. The van der Waals surface area contributed by atoms with Crippen LogP contribution >= 0.6 is 0 Å². The van der Waals surface area contributed by atoms with Crippen LogP contribution in [0.15, 0.2) is 0 Å². The van der Waals surface area contributed by atoms with Crippen molar-refractivity contribution >= 4 is 12.1 Å². The quantitative estimate of drug-likeness (QED) is 0.622. The maximum atomic E-state index is 11.5. The molecule has 72 valence electrons. The van der Waals surface area contributed by atoms with Crippen LogP contribution in [0, 0.1) is 17.8 Å². The summed E-state index contributed by atoms with van der Waals surface area (Å²) >= 11 is 0. The Labute approximate surface area is 78.7 Å². The van der Waals surface area contributed by atoms with E-state index in [1.165, 1.54) is 12.8 Å². The zero-order valence-electron chi connectivity index (χ0n) is 7.87. The first-order valence-electron chi connectivity index (χ1n) is 5.29. The van der Waals surface area contributed by atoms with E-state index in [0.29, 0.717) is 30.0 Å². The molecule has 0 saturated heterocycles. The Morgan fingerprint density at radius 3 is 2.92 bits per heavy atom. The second-order valence-electron chi connectivity index (χ2n) is 4.37. The van der Waals surface area contributed by atoms with Gasteiger partial charge in [0.15, 0.2) is 0 Å². The van der Waals surface area contributed by atoms with Gasteiger partial charge < -0.3 is 4.79 Å². The number of rotatable bonds is 3. The number of aldehydes is 1. The van der Waals surface area contributed by atoms with E-state index in [1.54, 1.807) is 0 Å². The van der Waals surface area contributed by atoms with Gasteiger partial charge in [0.25, 0.3) is 0 Å². The highest BCUT2D eigenvalue weighted by atomic mass is 16.1. The van der Waals surface area contributed by atoms with Gasteiger partial charge in [-0.25, -0.2) is 0 Å². The van der Waals surface area contributed by atoms with Crippen molar-refractivity contribution in [2.24, 2.45) is 17.8 Å². The molecule has 3 unspecified atom stereocenters. The highest BCUT2D eigenvalue weighted by molar-refractivity contribution is 5.84. The Bertz CT molecular complexity index is 222. The summed E-state index contributed by atoms with van der Waals surface area (Å²) in [5.41, 5.74) is 0. The summed E-state index contributed by atoms with van der Waals surface area (Å²) in [6.45, 7) is 0. The first kappa shape index (κ1) is 8.92. The van der Waals surface area contributed by atoms with Crippen molar-refractivity contribution in [1.29, 1.82) is 0 Å². The van der Waals surface area contributed by atoms with Gasteiger partial charge in [-0.2, -0.15) is 0 Å². The lowest BCUT2D eigenvalue weighted by Crippen LogP contribution is -2.17. The monoisotopic (exact) mass is 180 g/mol. The summed E-state index contributed by atoms with van der Waals surface area (Å²) in [7, 11) is 0. The highest BCUT2D eigenvalue weighted by Gasteiger charge is 2.43. The summed E-state index contributed by atoms with van der Waals surface area (Å²) in [5.74, 6) is 2.01. The predicted octanol–water partition coefficient (Wildman–Crippen LogP) is 1.97. The van der Waals surface area contributed by atoms with Gasteiger partial charge in [0.1, 0.15) is 12.1 Å². The van der Waals surface area contributed by atoms with Crippen molar-refractivity contribution < 1.29 is 9.59 Å². The molecule has 3 atom stereocenters. The second kappa shape index (κ2) is 3.60. The third-order valence-corrected chi connectivity index (χ3v) is 3.71. The molecule has 0 aromatic heterocycles. The van der Waals surface area contributed by atoms with E-state index in [1.807, 2.05) is 0 Å². The first-order valence-corrected chi connectivity index (χ1v) is 5.29. The maximum absolute atomic E-state index is 11.5. The summed E-state index contributed by atoms with van der Waals surface area (Å²) in [5, 5.41) is 0. The van der Waals surface area contributed by atoms with Crippen molar-refractivity contribution in [2.75, 3.05) is 0 Å². The van der Waals surface area contributed by atoms with Crippen LogP contribution in [0.5, 0.6) is 0 Å². The summed E-state index contributed by atoms with van der Waals surface area (Å²) in [6, 6.07) is 0. The molecule has 2 fully saturated rings. The molecule has 2 nitrogen and oxygen atoms in total. The van der Waals surface area contributed by atoms with Crippen molar-refractivity contribution in [3.05, 3.63) is 0 Å². The lowest BCUT2D eigenvalue weighted by atomic mass is 9.88. The predicted molar refractivity (Wildman–Crippen MR) is 49.2 cm³/mol. The average molecular weight is 180 g/mol. The topological polar surface area (TPSA) is 34.1 Å². The van der Waals surface area contributed by atoms with Gasteiger partial charge in [0, 0.05) is 18.8 Å². The number of fused-ring (bicyclic) bond motifs is 1. The molecule has 0 spiro atoms. The first-order chi connectivity index (χ1) is 6.33. The molecule has 0 radical (unpaired) electrons. The minimum absolute atomic E-state index is 0.333. The van der Waals surface area contributed by atoms with E-state index >= 15 is 0 Å². The molecule has 13 heavy (non-hydrogen) atoms. The fourth-order valence-electron chi connectivity index (χ4n) is 3.12. The zero-order chi connectivity index (χ0) is 9.26. The van der Waals surface area contributed by atoms with Gasteiger partial charge in [-0.15, -0.1) is 0 Å². The molecule has 0 heterocycles. The molecule has 2 aliphatic carbocycles. The average Bonchev–Trinajstić information content (AvgIpc) is 2.67. The van der Waals surface area contributed by atoms with Crippen LogP contribution < -0.4 is 0 Å². The molecule has 0 aliphatic heterocycles. The third kappa shape index (κ3) is 1.54. The van der Waals surface area contributed by atoms with Crippen LogP contribution in [0.3, 0.4) is 0 Å². The number of ketones is 1. The highest BCUT2D eigenvalue weighted by Crippen LogP contribution is 2.47. The summed E-state index contributed by atoms with van der Waals surface area (Å²) in [6.07, 6.45) is 6.87. The Balaban J connectivity index is 1.97. The lowest BCUT2D eigenvalue weighted by molar-refractivity contribution is -0.122. The van der Waals surface area contributed by atoms with Crippen molar-refractivity contribution in [3.63, 3.8) is 0 Å². The van der Waals surface area contributed by atoms with E-state index in [9.17, 15) is 9.59 Å². The van der Waals surface area contributed by atoms with E-state index in [4.69, 9.17) is 0 Å². The van der Waals surface area contributed by atoms with Crippen molar-refractivity contribution in [1.82, 2.24) is 0 Å². The minimum atomic E-state index is 0.333. The Morgan fingerprint density at radius 1 is 1.31 bits per heavy atom. The van der Waals surface area contributed by atoms with Gasteiger partial charge in [0.05, 0.1) is 0 Å². The van der Waals surface area contributed by atoms with Crippen LogP contribution in [0.2, 0.25) is 0 Å². The van der Waals surface area contributed by atoms with Gasteiger partial charge in [-0.05, 0) is 37.5 Å². The summed E-state index contributed by atoms with van der Waals surface area (Å²) < 4.78 is 0. The Morgan fingerprint density at radius 2 is 2.15 bits per heavy atom. The van der Waals surface area contributed by atoms with Gasteiger partial charge in [-0.1, -0.05) is 0 Å². The third-order valence-electron chi connectivity index (χ3n) is 3.71. The number of carbonyl (C=O) groups is 2. The Kier molecular flexibility index (Phi) is 2.47. The van der Waals surface area contributed by atoms with Gasteiger partial charge in [0.2, 0.25) is 0 Å². The number of carbonyl (C=O) groups excluding carboxylic acids is 2. The van der Waals surface area contributed by atoms with Crippen LogP contribution in [0.25, 0.3) is 0 Å². The van der Waals surface area contributed by atoms with Crippen molar-refractivity contribution in [2.45, 2.75) is 38.5 Å². The lowest BCUT2D eigenvalue weighted by Gasteiger charge is -2.15. The minimum Gasteiger partial charge on any atom is -0.303 e. The van der Waals surface area contributed by atoms with E-state index in [2.05, 4.69) is 0 Å². The van der Waals surface area contributed by atoms with Gasteiger partial charge in [-0.3, -0.25) is 4.79 Å². The fraction of sp³-hybridized carbons (Fsp3) is 0.818. The fourth-order valence-corrected chi connectivity index (χ4v) is 3.12. The van der Waals surface area contributed by atoms with Gasteiger partial charge >= 0.3 is 0 Å². The molecule has 2 aliphatic rings. The molecule has 0 aromatic rings. The van der Waals surface area contributed by atoms with E-state index < -0.39 is 0 Å². The SMILES string of the molecule is O=CCCC1CCC2CCC(=O)C12. The molecule has 0 N–H and O–H groups in total. The van der Waals surface area contributed by atoms with Crippen LogP contribution in [0.4, 0.5) is 0 Å². The number of hydrogen-bond donors (Lipinski definition) is 0. The smallest absolute Gasteiger partial charge is 0.136 e. The van der Waals surface area contributed by atoms with Crippen LogP contribution in [0.1, 0.15) is 38.5 Å². The van der Waals surface area contributed by atoms with Crippen LogP contribution in [-0.4, -0.2) is 12.1 Å². The number of Topliss-reactive ketones (excluding diaryl/α,β-unsaturated/α-hetero) is 1. The van der Waals surface area contributed by atoms with E-state index in [-0.39, 0.29) is 0 Å². The van der Waals surface area contributed by atoms with E-state index in [0.717, 1.165) is 25.5 Å². The second-order valence-corrected chi connectivity index (χ2v) is 4.37. The molecule has 0 aromatic carbocycles. The number of hydrogen-bond acceptors (Lipinski definition) is 2. The normalized spacial score (nSPS) is 37.8. The molecule has 0 bridgehead atoms. The Hall–Kier alpha value is -0.660. The standard InChI is InChI=1S/C11H16O2/c12-7-1-2-8-3-4-9-5-6-10(13)11(8)9/h7-9,11H,1-6H2. The molecule has 0 amide bonds. The summed E-state index contributed by atoms with van der Waals surface area (Å²) in [4.78, 5) is 21.8. The largest absolute Gasteiger partial charge is 0.303 e. The zero-order valence-corrected chi connectivity index (χ0v) is 7.87. The molecule has 2 rings (SSSR count). The molecular formula is C11H16O2. The van der Waals surface area contributed by atoms with Crippen molar-refractivity contribution in [3.8, 4) is 0 Å². The van der Waals surface area contributed by atoms with Crippen LogP contribution in [-0.2, 0) is 9.59 Å².